The minimum atomic E-state index is 0.642. The zero-order valence-electron chi connectivity index (χ0n) is 14.4. The van der Waals surface area contributed by atoms with E-state index in [9.17, 15) is 0 Å². The van der Waals surface area contributed by atoms with Gasteiger partial charge in [-0.1, -0.05) is 29.8 Å². The van der Waals surface area contributed by atoms with Gasteiger partial charge in [0.2, 0.25) is 0 Å². The minimum Gasteiger partial charge on any atom is -0.316 e. The SMILES string of the molecule is Cc1ccc(-c2nc3cc(C)cnc3n2CC2CCCNC2)cc1. The Labute approximate surface area is 142 Å². The molecule has 0 bridgehead atoms. The second-order valence-electron chi connectivity index (χ2n) is 6.98. The van der Waals surface area contributed by atoms with Crippen LogP contribution in [0.15, 0.2) is 36.5 Å². The number of aromatic nitrogens is 3. The molecule has 4 rings (SSSR count). The molecule has 1 atom stereocenters. The van der Waals surface area contributed by atoms with Crippen molar-refractivity contribution in [2.45, 2.75) is 33.2 Å². The summed E-state index contributed by atoms with van der Waals surface area (Å²) in [7, 11) is 0. The average Bonchev–Trinajstić information content (AvgIpc) is 2.94. The van der Waals surface area contributed by atoms with Crippen molar-refractivity contribution in [3.63, 3.8) is 0 Å². The number of hydrogen-bond donors (Lipinski definition) is 1. The van der Waals surface area contributed by atoms with Gasteiger partial charge in [0.15, 0.2) is 5.65 Å². The predicted molar refractivity (Wildman–Crippen MR) is 98.0 cm³/mol. The van der Waals surface area contributed by atoms with E-state index in [1.165, 1.54) is 24.0 Å². The van der Waals surface area contributed by atoms with Crippen molar-refractivity contribution in [3.8, 4) is 11.4 Å². The third-order valence-corrected chi connectivity index (χ3v) is 4.87. The van der Waals surface area contributed by atoms with Crippen molar-refractivity contribution in [1.82, 2.24) is 19.9 Å². The normalized spacial score (nSPS) is 18.2. The molecule has 1 fully saturated rings. The summed E-state index contributed by atoms with van der Waals surface area (Å²) in [6.45, 7) is 7.39. The van der Waals surface area contributed by atoms with Crippen molar-refractivity contribution >= 4 is 11.2 Å². The van der Waals surface area contributed by atoms with E-state index >= 15 is 0 Å². The van der Waals surface area contributed by atoms with Gasteiger partial charge in [-0.3, -0.25) is 0 Å². The van der Waals surface area contributed by atoms with Gasteiger partial charge in [-0.05, 0) is 57.3 Å². The first-order chi connectivity index (χ1) is 11.7. The molecule has 2 aromatic heterocycles. The lowest BCUT2D eigenvalue weighted by Crippen LogP contribution is -2.32. The van der Waals surface area contributed by atoms with Crippen LogP contribution in [0.4, 0.5) is 0 Å². The van der Waals surface area contributed by atoms with E-state index < -0.39 is 0 Å². The second-order valence-corrected chi connectivity index (χ2v) is 6.98. The molecule has 4 nitrogen and oxygen atoms in total. The quantitative estimate of drug-likeness (QED) is 0.800. The summed E-state index contributed by atoms with van der Waals surface area (Å²) >= 11 is 0. The Hall–Kier alpha value is -2.20. The molecule has 3 heterocycles. The Bertz CT molecular complexity index is 842. The molecule has 1 unspecified atom stereocenters. The molecular formula is C20H24N4. The highest BCUT2D eigenvalue weighted by Crippen LogP contribution is 2.26. The monoisotopic (exact) mass is 320 g/mol. The molecular weight excluding hydrogens is 296 g/mol. The van der Waals surface area contributed by atoms with Gasteiger partial charge in [-0.25, -0.2) is 9.97 Å². The van der Waals surface area contributed by atoms with Gasteiger partial charge < -0.3 is 9.88 Å². The topological polar surface area (TPSA) is 42.7 Å². The lowest BCUT2D eigenvalue weighted by molar-refractivity contribution is 0.341. The molecule has 0 saturated carbocycles. The summed E-state index contributed by atoms with van der Waals surface area (Å²) < 4.78 is 2.32. The summed E-state index contributed by atoms with van der Waals surface area (Å²) in [6.07, 6.45) is 4.47. The molecule has 1 saturated heterocycles. The lowest BCUT2D eigenvalue weighted by atomic mass is 9.99. The molecule has 1 N–H and O–H groups in total. The first-order valence-electron chi connectivity index (χ1n) is 8.81. The van der Waals surface area contributed by atoms with E-state index in [4.69, 9.17) is 4.98 Å². The molecule has 0 radical (unpaired) electrons. The summed E-state index contributed by atoms with van der Waals surface area (Å²) in [5.74, 6) is 1.68. The zero-order chi connectivity index (χ0) is 16.5. The van der Waals surface area contributed by atoms with E-state index in [-0.39, 0.29) is 0 Å². The maximum absolute atomic E-state index is 4.92. The molecule has 0 amide bonds. The second kappa shape index (κ2) is 6.36. The maximum atomic E-state index is 4.92. The molecule has 3 aromatic rings. The largest absolute Gasteiger partial charge is 0.316 e. The summed E-state index contributed by atoms with van der Waals surface area (Å²) in [6, 6.07) is 10.8. The van der Waals surface area contributed by atoms with Crippen LogP contribution in [0.2, 0.25) is 0 Å². The van der Waals surface area contributed by atoms with Crippen molar-refractivity contribution < 1.29 is 0 Å². The maximum Gasteiger partial charge on any atom is 0.160 e. The van der Waals surface area contributed by atoms with Crippen LogP contribution in [0, 0.1) is 19.8 Å². The fourth-order valence-corrected chi connectivity index (χ4v) is 3.55. The van der Waals surface area contributed by atoms with Crippen LogP contribution < -0.4 is 5.32 Å². The first kappa shape index (κ1) is 15.3. The highest BCUT2D eigenvalue weighted by atomic mass is 15.1. The fraction of sp³-hybridized carbons (Fsp3) is 0.400. The molecule has 0 spiro atoms. The van der Waals surface area contributed by atoms with Gasteiger partial charge in [-0.2, -0.15) is 0 Å². The number of hydrogen-bond acceptors (Lipinski definition) is 3. The molecule has 1 aliphatic rings. The number of aryl methyl sites for hydroxylation is 2. The smallest absolute Gasteiger partial charge is 0.160 e. The third kappa shape index (κ3) is 2.94. The van der Waals surface area contributed by atoms with Crippen LogP contribution in [0.25, 0.3) is 22.6 Å². The van der Waals surface area contributed by atoms with Gasteiger partial charge in [0.25, 0.3) is 0 Å². The number of piperidine rings is 1. The zero-order valence-corrected chi connectivity index (χ0v) is 14.4. The summed E-state index contributed by atoms with van der Waals surface area (Å²) in [5.41, 5.74) is 5.59. The first-order valence-corrected chi connectivity index (χ1v) is 8.81. The van der Waals surface area contributed by atoms with Gasteiger partial charge in [0.05, 0.1) is 0 Å². The van der Waals surface area contributed by atoms with Crippen molar-refractivity contribution in [2.24, 2.45) is 5.92 Å². The van der Waals surface area contributed by atoms with E-state index in [0.29, 0.717) is 5.92 Å². The standard InChI is InChI=1S/C20H24N4/c1-14-5-7-17(8-6-14)19-23-18-10-15(2)11-22-20(18)24(19)13-16-4-3-9-21-12-16/h5-8,10-11,16,21H,3-4,9,12-13H2,1-2H3. The number of imidazole rings is 1. The van der Waals surface area contributed by atoms with Crippen molar-refractivity contribution in [2.75, 3.05) is 13.1 Å². The van der Waals surface area contributed by atoms with Gasteiger partial charge in [-0.15, -0.1) is 0 Å². The predicted octanol–water partition coefficient (Wildman–Crippen LogP) is 3.71. The van der Waals surface area contributed by atoms with E-state index in [2.05, 4.69) is 59.0 Å². The minimum absolute atomic E-state index is 0.642. The number of rotatable bonds is 3. The Kier molecular flexibility index (Phi) is 4.07. The lowest BCUT2D eigenvalue weighted by Gasteiger charge is -2.24. The Morgan fingerprint density at radius 1 is 1.17 bits per heavy atom. The van der Waals surface area contributed by atoms with Crippen LogP contribution in [0.3, 0.4) is 0 Å². The fourth-order valence-electron chi connectivity index (χ4n) is 3.55. The number of benzene rings is 1. The highest BCUT2D eigenvalue weighted by molar-refractivity contribution is 5.77. The summed E-state index contributed by atoms with van der Waals surface area (Å²) in [5, 5.41) is 3.52. The summed E-state index contributed by atoms with van der Waals surface area (Å²) in [4.78, 5) is 9.61. The molecule has 24 heavy (non-hydrogen) atoms. The molecule has 1 aromatic carbocycles. The Morgan fingerprint density at radius 2 is 2.00 bits per heavy atom. The number of nitrogens with zero attached hydrogens (tertiary/aromatic N) is 3. The Balaban J connectivity index is 1.81. The van der Waals surface area contributed by atoms with Crippen molar-refractivity contribution in [3.05, 3.63) is 47.7 Å². The van der Waals surface area contributed by atoms with E-state index in [0.717, 1.165) is 42.2 Å². The van der Waals surface area contributed by atoms with Gasteiger partial charge in [0.1, 0.15) is 11.3 Å². The van der Waals surface area contributed by atoms with Crippen LogP contribution in [0.5, 0.6) is 0 Å². The third-order valence-electron chi connectivity index (χ3n) is 4.87. The molecule has 1 aliphatic heterocycles. The molecule has 124 valence electrons. The average molecular weight is 320 g/mol. The van der Waals surface area contributed by atoms with E-state index in [1.807, 2.05) is 6.20 Å². The van der Waals surface area contributed by atoms with Gasteiger partial charge in [0, 0.05) is 18.3 Å². The van der Waals surface area contributed by atoms with Crippen LogP contribution in [-0.2, 0) is 6.54 Å². The highest BCUT2D eigenvalue weighted by Gasteiger charge is 2.19. The van der Waals surface area contributed by atoms with Crippen LogP contribution >= 0.6 is 0 Å². The van der Waals surface area contributed by atoms with E-state index in [1.54, 1.807) is 0 Å². The van der Waals surface area contributed by atoms with Crippen LogP contribution in [0.1, 0.15) is 24.0 Å². The van der Waals surface area contributed by atoms with Crippen LogP contribution in [-0.4, -0.2) is 27.6 Å². The molecule has 0 aliphatic carbocycles. The number of fused-ring (bicyclic) bond motifs is 1. The molecule has 4 heteroatoms. The van der Waals surface area contributed by atoms with Gasteiger partial charge >= 0.3 is 0 Å². The van der Waals surface area contributed by atoms with Crippen molar-refractivity contribution in [1.29, 1.82) is 0 Å². The number of pyridine rings is 1. The Morgan fingerprint density at radius 3 is 2.75 bits per heavy atom. The number of nitrogens with one attached hydrogen (secondary N) is 1.